The van der Waals surface area contributed by atoms with E-state index in [1.54, 1.807) is 0 Å². The fraction of sp³-hybridized carbons (Fsp3) is 0.417. The second kappa shape index (κ2) is 3.49. The van der Waals surface area contributed by atoms with Gasteiger partial charge in [-0.15, -0.1) is 0 Å². The number of imidazole rings is 1. The topological polar surface area (TPSA) is 52.7 Å². The van der Waals surface area contributed by atoms with Crippen molar-refractivity contribution in [2.75, 3.05) is 18.4 Å². The normalized spacial score (nSPS) is 25.1. The third kappa shape index (κ3) is 1.65. The molecule has 3 N–H and O–H groups in total. The summed E-state index contributed by atoms with van der Waals surface area (Å²) in [6, 6.07) is 8.09. The number of aromatic nitrogens is 2. The van der Waals surface area contributed by atoms with Crippen molar-refractivity contribution in [3.63, 3.8) is 0 Å². The molecule has 84 valence electrons. The van der Waals surface area contributed by atoms with Crippen LogP contribution >= 0.6 is 0 Å². The molecule has 0 saturated carbocycles. The molecule has 1 unspecified atom stereocenters. The Morgan fingerprint density at radius 1 is 1.38 bits per heavy atom. The van der Waals surface area contributed by atoms with Gasteiger partial charge in [0.2, 0.25) is 5.95 Å². The van der Waals surface area contributed by atoms with E-state index in [1.807, 2.05) is 24.3 Å². The molecule has 1 aromatic carbocycles. The molecule has 16 heavy (non-hydrogen) atoms. The molecule has 0 spiro atoms. The maximum Gasteiger partial charge on any atom is 0.201 e. The predicted molar refractivity (Wildman–Crippen MR) is 65.6 cm³/mol. The Morgan fingerprint density at radius 2 is 2.25 bits per heavy atom. The van der Waals surface area contributed by atoms with Crippen LogP contribution in [0.2, 0.25) is 0 Å². The molecule has 0 aliphatic carbocycles. The smallest absolute Gasteiger partial charge is 0.201 e. The molecule has 4 nitrogen and oxygen atoms in total. The van der Waals surface area contributed by atoms with Gasteiger partial charge in [-0.3, -0.25) is 0 Å². The standard InChI is InChI=1S/C12H16N4/c1-12(6-7-13-8-12)16-11-14-9-4-2-3-5-10(9)15-11/h2-5,13H,6-8H2,1H3,(H2,14,15,16). The van der Waals surface area contributed by atoms with Gasteiger partial charge >= 0.3 is 0 Å². The number of fused-ring (bicyclic) bond motifs is 1. The van der Waals surface area contributed by atoms with E-state index in [-0.39, 0.29) is 5.54 Å². The second-order valence-corrected chi connectivity index (χ2v) is 4.71. The molecule has 1 saturated heterocycles. The van der Waals surface area contributed by atoms with E-state index in [2.05, 4.69) is 27.5 Å². The first kappa shape index (κ1) is 9.66. The first-order valence-electron chi connectivity index (χ1n) is 5.69. The van der Waals surface area contributed by atoms with E-state index < -0.39 is 0 Å². The lowest BCUT2D eigenvalue weighted by Crippen LogP contribution is -2.37. The highest BCUT2D eigenvalue weighted by Gasteiger charge is 2.28. The summed E-state index contributed by atoms with van der Waals surface area (Å²) in [6.07, 6.45) is 1.13. The number of rotatable bonds is 2. The minimum Gasteiger partial charge on any atom is -0.349 e. The van der Waals surface area contributed by atoms with Crippen LogP contribution in [0.15, 0.2) is 24.3 Å². The summed E-state index contributed by atoms with van der Waals surface area (Å²) in [7, 11) is 0. The van der Waals surface area contributed by atoms with Gasteiger partial charge in [-0.25, -0.2) is 4.98 Å². The summed E-state index contributed by atoms with van der Waals surface area (Å²) < 4.78 is 0. The Hall–Kier alpha value is -1.55. The Balaban J connectivity index is 1.89. The van der Waals surface area contributed by atoms with Gasteiger partial charge in [0.1, 0.15) is 0 Å². The van der Waals surface area contributed by atoms with Crippen molar-refractivity contribution >= 4 is 17.0 Å². The molecule has 0 radical (unpaired) electrons. The number of hydrogen-bond donors (Lipinski definition) is 3. The van der Waals surface area contributed by atoms with Gasteiger partial charge in [-0.2, -0.15) is 0 Å². The first-order chi connectivity index (χ1) is 7.75. The molecule has 1 fully saturated rings. The maximum absolute atomic E-state index is 4.53. The molecular formula is C12H16N4. The zero-order valence-electron chi connectivity index (χ0n) is 9.38. The predicted octanol–water partition coefficient (Wildman–Crippen LogP) is 1.73. The Kier molecular flexibility index (Phi) is 2.11. The van der Waals surface area contributed by atoms with E-state index in [0.717, 1.165) is 36.5 Å². The zero-order valence-corrected chi connectivity index (χ0v) is 9.38. The van der Waals surface area contributed by atoms with E-state index in [1.165, 1.54) is 0 Å². The quantitative estimate of drug-likeness (QED) is 0.716. The minimum atomic E-state index is 0.119. The van der Waals surface area contributed by atoms with Crippen LogP contribution in [0.3, 0.4) is 0 Å². The number of hydrogen-bond acceptors (Lipinski definition) is 3. The molecule has 1 aliphatic heterocycles. The van der Waals surface area contributed by atoms with E-state index in [4.69, 9.17) is 0 Å². The Bertz CT molecular complexity index is 463. The fourth-order valence-corrected chi connectivity index (χ4v) is 2.22. The lowest BCUT2D eigenvalue weighted by molar-refractivity contribution is 0.562. The highest BCUT2D eigenvalue weighted by Crippen LogP contribution is 2.21. The number of H-pyrrole nitrogens is 1. The lowest BCUT2D eigenvalue weighted by Gasteiger charge is -2.23. The van der Waals surface area contributed by atoms with E-state index in [9.17, 15) is 0 Å². The Labute approximate surface area is 94.5 Å². The van der Waals surface area contributed by atoms with Crippen LogP contribution in [0, 0.1) is 0 Å². The van der Waals surface area contributed by atoms with E-state index in [0.29, 0.717) is 0 Å². The van der Waals surface area contributed by atoms with Crippen LogP contribution < -0.4 is 10.6 Å². The molecule has 2 aromatic rings. The molecule has 0 amide bonds. The lowest BCUT2D eigenvalue weighted by atomic mass is 10.0. The number of nitrogens with one attached hydrogen (secondary N) is 3. The van der Waals surface area contributed by atoms with Crippen molar-refractivity contribution in [1.82, 2.24) is 15.3 Å². The number of anilines is 1. The third-order valence-electron chi connectivity index (χ3n) is 3.18. The van der Waals surface area contributed by atoms with Gasteiger partial charge in [0.25, 0.3) is 0 Å². The summed E-state index contributed by atoms with van der Waals surface area (Å²) in [4.78, 5) is 7.82. The summed E-state index contributed by atoms with van der Waals surface area (Å²) in [5, 5.41) is 6.84. The van der Waals surface area contributed by atoms with Gasteiger partial charge in [0.05, 0.1) is 16.6 Å². The average Bonchev–Trinajstić information content (AvgIpc) is 2.84. The monoisotopic (exact) mass is 216 g/mol. The van der Waals surface area contributed by atoms with Crippen molar-refractivity contribution in [2.45, 2.75) is 18.9 Å². The summed E-state index contributed by atoms with van der Waals surface area (Å²) in [6.45, 7) is 4.29. The number of benzene rings is 1. The van der Waals surface area contributed by atoms with Crippen LogP contribution in [0.5, 0.6) is 0 Å². The SMILES string of the molecule is CC1(Nc2nc3ccccc3[nH]2)CCNC1. The molecule has 1 aliphatic rings. The van der Waals surface area contributed by atoms with Gasteiger partial charge < -0.3 is 15.6 Å². The highest BCUT2D eigenvalue weighted by molar-refractivity contribution is 5.77. The molecular weight excluding hydrogens is 200 g/mol. The second-order valence-electron chi connectivity index (χ2n) is 4.71. The summed E-state index contributed by atoms with van der Waals surface area (Å²) in [5.74, 6) is 0.868. The zero-order chi connectivity index (χ0) is 11.0. The maximum atomic E-state index is 4.53. The van der Waals surface area contributed by atoms with Crippen molar-refractivity contribution in [1.29, 1.82) is 0 Å². The largest absolute Gasteiger partial charge is 0.349 e. The minimum absolute atomic E-state index is 0.119. The van der Waals surface area contributed by atoms with Crippen molar-refractivity contribution < 1.29 is 0 Å². The van der Waals surface area contributed by atoms with Crippen LogP contribution in [0.4, 0.5) is 5.95 Å². The summed E-state index contributed by atoms with van der Waals surface area (Å²) >= 11 is 0. The van der Waals surface area contributed by atoms with Crippen LogP contribution in [-0.2, 0) is 0 Å². The first-order valence-corrected chi connectivity index (χ1v) is 5.69. The number of aromatic amines is 1. The van der Waals surface area contributed by atoms with Gasteiger partial charge in [-0.1, -0.05) is 12.1 Å². The summed E-state index contributed by atoms with van der Waals surface area (Å²) in [5.41, 5.74) is 2.22. The number of para-hydroxylation sites is 2. The molecule has 0 bridgehead atoms. The molecule has 1 aromatic heterocycles. The average molecular weight is 216 g/mol. The van der Waals surface area contributed by atoms with Crippen LogP contribution in [0.25, 0.3) is 11.0 Å². The number of nitrogens with zero attached hydrogens (tertiary/aromatic N) is 1. The van der Waals surface area contributed by atoms with Crippen LogP contribution in [-0.4, -0.2) is 28.6 Å². The molecule has 2 heterocycles. The van der Waals surface area contributed by atoms with Crippen LogP contribution in [0.1, 0.15) is 13.3 Å². The highest BCUT2D eigenvalue weighted by atomic mass is 15.2. The Morgan fingerprint density at radius 3 is 3.00 bits per heavy atom. The molecule has 4 heteroatoms. The van der Waals surface area contributed by atoms with Gasteiger partial charge in [0, 0.05) is 6.54 Å². The van der Waals surface area contributed by atoms with Gasteiger partial charge in [-0.05, 0) is 32.0 Å². The van der Waals surface area contributed by atoms with Crippen molar-refractivity contribution in [2.24, 2.45) is 0 Å². The van der Waals surface area contributed by atoms with Crippen molar-refractivity contribution in [3.8, 4) is 0 Å². The third-order valence-corrected chi connectivity index (χ3v) is 3.18. The van der Waals surface area contributed by atoms with Crippen molar-refractivity contribution in [3.05, 3.63) is 24.3 Å². The molecule has 1 atom stereocenters. The van der Waals surface area contributed by atoms with E-state index >= 15 is 0 Å². The molecule has 3 rings (SSSR count). The van der Waals surface area contributed by atoms with Gasteiger partial charge in [0.15, 0.2) is 0 Å². The fourth-order valence-electron chi connectivity index (χ4n) is 2.22.